The molecular weight excluding hydrogens is 468 g/mol. The van der Waals surface area contributed by atoms with Crippen molar-refractivity contribution >= 4 is 16.9 Å². The van der Waals surface area contributed by atoms with E-state index in [4.69, 9.17) is 26.2 Å². The molecule has 4 aromatic rings. The molecule has 0 bridgehead atoms. The summed E-state index contributed by atoms with van der Waals surface area (Å²) >= 11 is 0. The van der Waals surface area contributed by atoms with Crippen molar-refractivity contribution in [2.24, 2.45) is 5.73 Å². The average Bonchev–Trinajstić information content (AvgIpc) is 3.30. The highest BCUT2D eigenvalue weighted by Gasteiger charge is 2.20. The number of aliphatic carboxylic acids is 1. The summed E-state index contributed by atoms with van der Waals surface area (Å²) in [5.74, 6) is -0.362. The number of carboxylic acids is 1. The van der Waals surface area contributed by atoms with Gasteiger partial charge in [-0.25, -0.2) is 0 Å². The number of carbonyl (C=O) groups is 1. The van der Waals surface area contributed by atoms with E-state index in [1.165, 1.54) is 16.5 Å². The average molecular weight is 505 g/mol. The summed E-state index contributed by atoms with van der Waals surface area (Å²) in [5.41, 5.74) is 9.92. The highest BCUT2D eigenvalue weighted by atomic mass is 16.4. The van der Waals surface area contributed by atoms with Crippen molar-refractivity contribution in [2.75, 3.05) is 19.8 Å². The van der Waals surface area contributed by atoms with Gasteiger partial charge in [-0.2, -0.15) is 0 Å². The number of fused-ring (bicyclic) bond motifs is 1. The lowest BCUT2D eigenvalue weighted by atomic mass is 9.93. The van der Waals surface area contributed by atoms with E-state index in [9.17, 15) is 4.79 Å². The third-order valence-electron chi connectivity index (χ3n) is 6.45. The summed E-state index contributed by atoms with van der Waals surface area (Å²) < 4.78 is 2.24. The van der Waals surface area contributed by atoms with Crippen molar-refractivity contribution in [1.82, 2.24) is 4.57 Å². The number of aliphatic hydroxyl groups is 3. The van der Waals surface area contributed by atoms with Gasteiger partial charge in [-0.1, -0.05) is 61.5 Å². The molecule has 0 fully saturated rings. The number of hydrogen-bond donors (Lipinski definition) is 5. The summed E-state index contributed by atoms with van der Waals surface area (Å²) in [6.07, 6.45) is 3.87. The van der Waals surface area contributed by atoms with Gasteiger partial charge in [-0.15, -0.1) is 0 Å². The normalized spacial score (nSPS) is 12.1. The van der Waals surface area contributed by atoms with Gasteiger partial charge in [0.1, 0.15) is 0 Å². The molecule has 1 heterocycles. The zero-order valence-electron chi connectivity index (χ0n) is 21.1. The van der Waals surface area contributed by atoms with Crippen LogP contribution in [0.2, 0.25) is 0 Å². The van der Waals surface area contributed by atoms with Crippen LogP contribution in [0.1, 0.15) is 36.0 Å². The topological polar surface area (TPSA) is 129 Å². The SMILES string of the molecule is CC(Cc1cn(-c2ccccc2)c2ccc(CCC(=O)O)cc12)c1ccccc1.NC(CO)(CO)CO. The Morgan fingerprint density at radius 3 is 2.05 bits per heavy atom. The van der Waals surface area contributed by atoms with Crippen LogP contribution in [0.4, 0.5) is 0 Å². The van der Waals surface area contributed by atoms with Crippen molar-refractivity contribution in [3.63, 3.8) is 0 Å². The van der Waals surface area contributed by atoms with E-state index in [1.807, 2.05) is 12.1 Å². The van der Waals surface area contributed by atoms with Crippen molar-refractivity contribution in [1.29, 1.82) is 0 Å². The summed E-state index contributed by atoms with van der Waals surface area (Å²) in [4.78, 5) is 11.0. The van der Waals surface area contributed by atoms with E-state index < -0.39 is 31.3 Å². The third-order valence-corrected chi connectivity index (χ3v) is 6.45. The molecule has 3 aromatic carbocycles. The number of aryl methyl sites for hydroxylation is 1. The van der Waals surface area contributed by atoms with Gasteiger partial charge in [0, 0.05) is 23.7 Å². The van der Waals surface area contributed by atoms with Gasteiger partial charge < -0.3 is 30.7 Å². The first-order valence-electron chi connectivity index (χ1n) is 12.4. The maximum atomic E-state index is 11.0. The minimum atomic E-state index is -1.21. The van der Waals surface area contributed by atoms with Crippen LogP contribution in [0.25, 0.3) is 16.6 Å². The molecule has 0 radical (unpaired) electrons. The quantitative estimate of drug-likeness (QED) is 0.224. The molecular formula is C30H36N2O5. The fourth-order valence-corrected chi connectivity index (χ4v) is 4.10. The van der Waals surface area contributed by atoms with Gasteiger partial charge in [0.15, 0.2) is 0 Å². The third kappa shape index (κ3) is 7.50. The maximum Gasteiger partial charge on any atom is 0.303 e. The molecule has 7 heteroatoms. The molecule has 0 amide bonds. The van der Waals surface area contributed by atoms with E-state index in [0.717, 1.165) is 23.2 Å². The second-order valence-electron chi connectivity index (χ2n) is 9.46. The summed E-state index contributed by atoms with van der Waals surface area (Å²) in [5, 5.41) is 35.3. The molecule has 0 aliphatic heterocycles. The Morgan fingerprint density at radius 2 is 1.51 bits per heavy atom. The number of benzene rings is 3. The zero-order valence-corrected chi connectivity index (χ0v) is 21.1. The van der Waals surface area contributed by atoms with Crippen LogP contribution in [0.3, 0.4) is 0 Å². The highest BCUT2D eigenvalue weighted by molar-refractivity contribution is 5.86. The number of aromatic nitrogens is 1. The minimum absolute atomic E-state index is 0.153. The van der Waals surface area contributed by atoms with Crippen LogP contribution < -0.4 is 5.73 Å². The first-order chi connectivity index (χ1) is 17.8. The minimum Gasteiger partial charge on any atom is -0.481 e. The van der Waals surface area contributed by atoms with Gasteiger partial charge >= 0.3 is 5.97 Å². The monoisotopic (exact) mass is 504 g/mol. The van der Waals surface area contributed by atoms with Gasteiger partial charge in [0.2, 0.25) is 0 Å². The van der Waals surface area contributed by atoms with E-state index >= 15 is 0 Å². The largest absolute Gasteiger partial charge is 0.481 e. The van der Waals surface area contributed by atoms with Crippen molar-refractivity contribution in [3.8, 4) is 5.69 Å². The number of hydrogen-bond acceptors (Lipinski definition) is 5. The summed E-state index contributed by atoms with van der Waals surface area (Å²) in [6, 6.07) is 27.3. The standard InChI is InChI=1S/C26H25NO2.C4H11NO3/c1-19(21-8-4-2-5-9-21)16-22-18-27(23-10-6-3-7-11-23)25-14-12-20(17-24(22)25)13-15-26(28)29;5-4(1-6,2-7)3-8/h2-12,14,17-19H,13,15-16H2,1H3,(H,28,29);6-8H,1-3,5H2. The fourth-order valence-electron chi connectivity index (χ4n) is 4.10. The lowest BCUT2D eigenvalue weighted by molar-refractivity contribution is -0.136. The summed E-state index contributed by atoms with van der Waals surface area (Å²) in [7, 11) is 0. The van der Waals surface area contributed by atoms with Crippen LogP contribution >= 0.6 is 0 Å². The molecule has 1 unspecified atom stereocenters. The van der Waals surface area contributed by atoms with Gasteiger partial charge in [0.05, 0.1) is 30.9 Å². The number of para-hydroxylation sites is 1. The summed E-state index contributed by atoms with van der Waals surface area (Å²) in [6.45, 7) is 1.05. The molecule has 7 nitrogen and oxygen atoms in total. The Bertz CT molecular complexity index is 1260. The van der Waals surface area contributed by atoms with Gasteiger partial charge in [-0.3, -0.25) is 4.79 Å². The first kappa shape index (κ1) is 28.1. The second kappa shape index (κ2) is 13.2. The van der Waals surface area contributed by atoms with E-state index in [2.05, 4.69) is 84.4 Å². The molecule has 6 N–H and O–H groups in total. The Morgan fingerprint density at radius 1 is 0.919 bits per heavy atom. The molecule has 1 aromatic heterocycles. The predicted molar refractivity (Wildman–Crippen MR) is 146 cm³/mol. The zero-order chi connectivity index (χ0) is 26.8. The molecule has 0 spiro atoms. The van der Waals surface area contributed by atoms with E-state index in [-0.39, 0.29) is 6.42 Å². The molecule has 37 heavy (non-hydrogen) atoms. The smallest absolute Gasteiger partial charge is 0.303 e. The van der Waals surface area contributed by atoms with Gasteiger partial charge in [-0.05, 0) is 59.7 Å². The lowest BCUT2D eigenvalue weighted by Crippen LogP contribution is -2.50. The second-order valence-corrected chi connectivity index (χ2v) is 9.46. The molecule has 0 saturated carbocycles. The number of aliphatic hydroxyl groups excluding tert-OH is 3. The van der Waals surface area contributed by atoms with E-state index in [0.29, 0.717) is 12.3 Å². The number of nitrogens with zero attached hydrogens (tertiary/aromatic N) is 1. The molecule has 4 rings (SSSR count). The van der Waals surface area contributed by atoms with Crippen LogP contribution in [-0.4, -0.2) is 56.3 Å². The van der Waals surface area contributed by atoms with Crippen LogP contribution in [0.15, 0.2) is 85.1 Å². The number of nitrogens with two attached hydrogens (primary N) is 1. The molecule has 0 aliphatic carbocycles. The highest BCUT2D eigenvalue weighted by Crippen LogP contribution is 2.30. The number of carboxylic acid groups (broad SMARTS) is 1. The van der Waals surface area contributed by atoms with Crippen molar-refractivity contribution in [2.45, 2.75) is 37.6 Å². The maximum absolute atomic E-state index is 11.0. The Balaban J connectivity index is 0.000000414. The molecule has 0 aliphatic rings. The van der Waals surface area contributed by atoms with Gasteiger partial charge in [0.25, 0.3) is 0 Å². The first-order valence-corrected chi connectivity index (χ1v) is 12.4. The molecule has 0 saturated heterocycles. The number of rotatable bonds is 10. The van der Waals surface area contributed by atoms with Crippen LogP contribution in [0, 0.1) is 0 Å². The van der Waals surface area contributed by atoms with Crippen LogP contribution in [-0.2, 0) is 17.6 Å². The Hall–Kier alpha value is -3.49. The Kier molecular flexibility index (Phi) is 10.00. The van der Waals surface area contributed by atoms with Crippen molar-refractivity contribution in [3.05, 3.63) is 102 Å². The fraction of sp³-hybridized carbons (Fsp3) is 0.300. The van der Waals surface area contributed by atoms with Crippen molar-refractivity contribution < 1.29 is 25.2 Å². The lowest BCUT2D eigenvalue weighted by Gasteiger charge is -2.20. The predicted octanol–water partition coefficient (Wildman–Crippen LogP) is 3.65. The molecule has 196 valence electrons. The van der Waals surface area contributed by atoms with Crippen LogP contribution in [0.5, 0.6) is 0 Å². The molecule has 1 atom stereocenters. The Labute approximate surface area is 217 Å². The van der Waals surface area contributed by atoms with E-state index in [1.54, 1.807) is 0 Å².